The molecule has 0 aliphatic heterocycles. The van der Waals surface area contributed by atoms with Gasteiger partial charge in [-0.2, -0.15) is 4.99 Å². The van der Waals surface area contributed by atoms with Gasteiger partial charge in [0.2, 0.25) is 0 Å². The predicted molar refractivity (Wildman–Crippen MR) is 89.0 cm³/mol. The van der Waals surface area contributed by atoms with Crippen LogP contribution in [0.5, 0.6) is 11.5 Å². The molecular formula is C14H13ClN4O4S. The van der Waals surface area contributed by atoms with Crippen molar-refractivity contribution in [2.75, 3.05) is 6.26 Å². The molecule has 1 aromatic heterocycles. The minimum atomic E-state index is -3.72. The summed E-state index contributed by atoms with van der Waals surface area (Å²) in [6.45, 7) is 0. The highest BCUT2D eigenvalue weighted by molar-refractivity contribution is 7.90. The lowest BCUT2D eigenvalue weighted by Crippen LogP contribution is -2.24. The molecule has 0 unspecified atom stereocenters. The zero-order chi connectivity index (χ0) is 17.9. The zero-order valence-corrected chi connectivity index (χ0v) is 14.0. The molecule has 0 fully saturated rings. The van der Waals surface area contributed by atoms with Crippen LogP contribution in [0.1, 0.15) is 10.4 Å². The van der Waals surface area contributed by atoms with E-state index in [1.807, 2.05) is 0 Å². The van der Waals surface area contributed by atoms with Gasteiger partial charge in [0, 0.05) is 18.5 Å². The second-order valence-electron chi connectivity index (χ2n) is 4.68. The Kier molecular flexibility index (Phi) is 5.05. The highest BCUT2D eigenvalue weighted by Crippen LogP contribution is 2.34. The van der Waals surface area contributed by atoms with Gasteiger partial charge in [-0.1, -0.05) is 11.6 Å². The first kappa shape index (κ1) is 17.7. The highest BCUT2D eigenvalue weighted by Gasteiger charge is 2.21. The molecule has 8 nitrogen and oxygen atoms in total. The first-order valence-electron chi connectivity index (χ1n) is 6.44. The van der Waals surface area contributed by atoms with Crippen molar-refractivity contribution < 1.29 is 17.9 Å². The van der Waals surface area contributed by atoms with E-state index in [9.17, 15) is 13.2 Å². The van der Waals surface area contributed by atoms with Gasteiger partial charge >= 0.3 is 0 Å². The number of benzene rings is 1. The van der Waals surface area contributed by atoms with Gasteiger partial charge in [-0.3, -0.25) is 9.78 Å². The van der Waals surface area contributed by atoms with Crippen molar-refractivity contribution in [3.05, 3.63) is 47.2 Å². The number of aliphatic imine (C=N–C) groups is 1. The number of amides is 1. The van der Waals surface area contributed by atoms with Crippen LogP contribution in [0.4, 0.5) is 0 Å². The number of carbonyl (C=O) groups excluding carboxylic acids is 1. The van der Waals surface area contributed by atoms with E-state index in [2.05, 4.69) is 9.98 Å². The molecule has 24 heavy (non-hydrogen) atoms. The fraction of sp³-hybridized carbons (Fsp3) is 0.0714. The SMILES string of the molecule is CS(=O)(=O)c1cc(C(=O)N=C(N)N)c(Cl)cc1Oc1cccnc1. The van der Waals surface area contributed by atoms with Gasteiger partial charge in [-0.05, 0) is 18.2 Å². The largest absolute Gasteiger partial charge is 0.454 e. The van der Waals surface area contributed by atoms with Gasteiger partial charge in [0.1, 0.15) is 16.4 Å². The number of hydrogen-bond acceptors (Lipinski definition) is 5. The molecule has 0 aliphatic carbocycles. The smallest absolute Gasteiger partial charge is 0.281 e. The zero-order valence-electron chi connectivity index (χ0n) is 12.4. The van der Waals surface area contributed by atoms with E-state index in [-0.39, 0.29) is 21.2 Å². The number of ether oxygens (including phenoxy) is 1. The van der Waals surface area contributed by atoms with Crippen molar-refractivity contribution in [1.29, 1.82) is 0 Å². The second-order valence-corrected chi connectivity index (χ2v) is 7.07. The van der Waals surface area contributed by atoms with E-state index in [1.165, 1.54) is 18.5 Å². The molecule has 1 amide bonds. The Bertz CT molecular complexity index is 910. The van der Waals surface area contributed by atoms with Crippen LogP contribution in [0.2, 0.25) is 5.02 Å². The number of rotatable bonds is 4. The average molecular weight is 369 g/mol. The standard InChI is InChI=1S/C14H13ClN4O4S/c1-24(21,22)12-5-9(13(20)19-14(16)17)10(15)6-11(12)23-8-3-2-4-18-7-8/h2-7H,1H3,(H4,16,17,19,20). The maximum Gasteiger partial charge on any atom is 0.281 e. The van der Waals surface area contributed by atoms with Crippen LogP contribution in [0.15, 0.2) is 46.5 Å². The molecule has 0 saturated heterocycles. The minimum absolute atomic E-state index is 0.0447. The summed E-state index contributed by atoms with van der Waals surface area (Å²) in [5.74, 6) is -1.07. The molecule has 1 aromatic carbocycles. The van der Waals surface area contributed by atoms with Gasteiger partial charge in [0.25, 0.3) is 5.91 Å². The van der Waals surface area contributed by atoms with Crippen LogP contribution in [-0.2, 0) is 9.84 Å². The fourth-order valence-corrected chi connectivity index (χ4v) is 2.81. The lowest BCUT2D eigenvalue weighted by atomic mass is 10.2. The number of pyridine rings is 1. The Balaban J connectivity index is 2.58. The lowest BCUT2D eigenvalue weighted by molar-refractivity contribution is 0.100. The second kappa shape index (κ2) is 6.85. The molecule has 2 aromatic rings. The summed E-state index contributed by atoms with van der Waals surface area (Å²) in [5, 5.41) is -0.0590. The normalized spacial score (nSPS) is 10.9. The molecule has 0 saturated carbocycles. The number of halogens is 1. The topological polar surface area (TPSA) is 138 Å². The summed E-state index contributed by atoms with van der Waals surface area (Å²) in [6, 6.07) is 5.48. The molecule has 0 spiro atoms. The average Bonchev–Trinajstić information content (AvgIpc) is 2.46. The summed E-state index contributed by atoms with van der Waals surface area (Å²) in [7, 11) is -3.72. The van der Waals surface area contributed by atoms with Crippen LogP contribution in [0, 0.1) is 0 Å². The van der Waals surface area contributed by atoms with Crippen molar-refractivity contribution in [1.82, 2.24) is 4.98 Å². The fourth-order valence-electron chi connectivity index (χ4n) is 1.78. The monoisotopic (exact) mass is 368 g/mol. The molecule has 0 radical (unpaired) electrons. The Hall–Kier alpha value is -2.65. The number of sulfone groups is 1. The number of nitrogens with zero attached hydrogens (tertiary/aromatic N) is 2. The van der Waals surface area contributed by atoms with Gasteiger partial charge in [-0.25, -0.2) is 8.42 Å². The first-order valence-corrected chi connectivity index (χ1v) is 8.71. The Morgan fingerprint density at radius 1 is 1.33 bits per heavy atom. The number of carbonyl (C=O) groups is 1. The molecule has 126 valence electrons. The predicted octanol–water partition coefficient (Wildman–Crippen LogP) is 1.34. The highest BCUT2D eigenvalue weighted by atomic mass is 35.5. The maximum absolute atomic E-state index is 12.0. The van der Waals surface area contributed by atoms with Crippen LogP contribution in [-0.4, -0.2) is 31.5 Å². The Morgan fingerprint density at radius 2 is 2.04 bits per heavy atom. The van der Waals surface area contributed by atoms with Crippen molar-refractivity contribution in [3.63, 3.8) is 0 Å². The lowest BCUT2D eigenvalue weighted by Gasteiger charge is -2.12. The third-order valence-corrected chi connectivity index (χ3v) is 4.19. The van der Waals surface area contributed by atoms with Gasteiger partial charge in [0.15, 0.2) is 15.8 Å². The van der Waals surface area contributed by atoms with Crippen LogP contribution >= 0.6 is 11.6 Å². The molecule has 4 N–H and O–H groups in total. The molecule has 2 rings (SSSR count). The van der Waals surface area contributed by atoms with E-state index in [0.717, 1.165) is 12.3 Å². The maximum atomic E-state index is 12.0. The third kappa shape index (κ3) is 4.21. The van der Waals surface area contributed by atoms with E-state index >= 15 is 0 Å². The van der Waals surface area contributed by atoms with E-state index in [0.29, 0.717) is 5.75 Å². The molecular weight excluding hydrogens is 356 g/mol. The van der Waals surface area contributed by atoms with E-state index in [4.69, 9.17) is 27.8 Å². The summed E-state index contributed by atoms with van der Waals surface area (Å²) < 4.78 is 29.5. The van der Waals surface area contributed by atoms with Crippen molar-refractivity contribution in [2.45, 2.75) is 4.90 Å². The first-order chi connectivity index (χ1) is 11.2. The van der Waals surface area contributed by atoms with Crippen LogP contribution in [0.25, 0.3) is 0 Å². The van der Waals surface area contributed by atoms with Gasteiger partial charge in [0.05, 0.1) is 16.8 Å². The van der Waals surface area contributed by atoms with E-state index < -0.39 is 21.7 Å². The van der Waals surface area contributed by atoms with Crippen molar-refractivity contribution >= 4 is 33.3 Å². The van der Waals surface area contributed by atoms with Gasteiger partial charge in [-0.15, -0.1) is 0 Å². The number of nitrogens with two attached hydrogens (primary N) is 2. The number of hydrogen-bond donors (Lipinski definition) is 2. The Labute approximate surface area is 143 Å². The molecule has 0 atom stereocenters. The van der Waals surface area contributed by atoms with E-state index in [1.54, 1.807) is 12.1 Å². The van der Waals surface area contributed by atoms with Crippen molar-refractivity contribution in [3.8, 4) is 11.5 Å². The summed E-state index contributed by atoms with van der Waals surface area (Å²) in [6.07, 6.45) is 3.91. The van der Waals surface area contributed by atoms with Crippen LogP contribution < -0.4 is 16.2 Å². The number of aromatic nitrogens is 1. The van der Waals surface area contributed by atoms with Crippen molar-refractivity contribution in [2.24, 2.45) is 16.5 Å². The van der Waals surface area contributed by atoms with Crippen LogP contribution in [0.3, 0.4) is 0 Å². The summed E-state index contributed by atoms with van der Waals surface area (Å²) in [4.78, 5) is 18.9. The molecule has 1 heterocycles. The molecule has 0 bridgehead atoms. The Morgan fingerprint density at radius 3 is 2.58 bits per heavy atom. The molecule has 10 heteroatoms. The third-order valence-electron chi connectivity index (χ3n) is 2.76. The number of guanidine groups is 1. The minimum Gasteiger partial charge on any atom is -0.454 e. The summed E-state index contributed by atoms with van der Waals surface area (Å²) in [5.41, 5.74) is 10.1. The molecule has 0 aliphatic rings. The quantitative estimate of drug-likeness (QED) is 0.613. The van der Waals surface area contributed by atoms with Gasteiger partial charge < -0.3 is 16.2 Å². The summed E-state index contributed by atoms with van der Waals surface area (Å²) >= 11 is 6.03.